The van der Waals surface area contributed by atoms with E-state index in [1.54, 1.807) is 25.6 Å². The van der Waals surface area contributed by atoms with Crippen molar-refractivity contribution >= 4 is 10.9 Å². The Labute approximate surface area is 116 Å². The predicted octanol–water partition coefficient (Wildman–Crippen LogP) is 2.91. The number of aromatic nitrogens is 2. The number of nitrogens with zero attached hydrogens (tertiary/aromatic N) is 1. The minimum Gasteiger partial charge on any atom is -0.495 e. The van der Waals surface area contributed by atoms with E-state index in [9.17, 15) is 4.79 Å². The molecule has 2 aromatic heterocycles. The lowest BCUT2D eigenvalue weighted by Crippen LogP contribution is -2.06. The van der Waals surface area contributed by atoms with Gasteiger partial charge in [-0.15, -0.1) is 0 Å². The van der Waals surface area contributed by atoms with Crippen LogP contribution >= 0.6 is 0 Å². The standard InChI is InChI=1S/C16H14N2O2/c1-10-9-14(19)18-16-13(20-2)4-3-12(15(10)16)11-5-7-17-8-6-11/h3-9H,1-2H3,(H,18,19). The van der Waals surface area contributed by atoms with Crippen LogP contribution in [0.1, 0.15) is 5.56 Å². The summed E-state index contributed by atoms with van der Waals surface area (Å²) in [6.07, 6.45) is 3.51. The minimum atomic E-state index is -0.125. The van der Waals surface area contributed by atoms with Crippen LogP contribution in [0.4, 0.5) is 0 Å². The van der Waals surface area contributed by atoms with E-state index < -0.39 is 0 Å². The number of H-pyrrole nitrogens is 1. The van der Waals surface area contributed by atoms with E-state index in [2.05, 4.69) is 9.97 Å². The smallest absolute Gasteiger partial charge is 0.248 e. The Morgan fingerprint density at radius 3 is 2.60 bits per heavy atom. The van der Waals surface area contributed by atoms with Crippen LogP contribution in [0.2, 0.25) is 0 Å². The maximum Gasteiger partial charge on any atom is 0.248 e. The second-order valence-corrected chi connectivity index (χ2v) is 4.62. The zero-order valence-corrected chi connectivity index (χ0v) is 11.3. The molecular weight excluding hydrogens is 252 g/mol. The van der Waals surface area contributed by atoms with Gasteiger partial charge in [-0.3, -0.25) is 9.78 Å². The Balaban J connectivity index is 2.44. The quantitative estimate of drug-likeness (QED) is 0.776. The van der Waals surface area contributed by atoms with Gasteiger partial charge in [-0.2, -0.15) is 0 Å². The lowest BCUT2D eigenvalue weighted by Gasteiger charge is -2.12. The van der Waals surface area contributed by atoms with Crippen LogP contribution in [0.5, 0.6) is 5.75 Å². The number of aryl methyl sites for hydroxylation is 1. The van der Waals surface area contributed by atoms with Crippen LogP contribution in [0.15, 0.2) is 47.5 Å². The van der Waals surface area contributed by atoms with Gasteiger partial charge in [0.2, 0.25) is 5.56 Å². The summed E-state index contributed by atoms with van der Waals surface area (Å²) in [4.78, 5) is 18.6. The highest BCUT2D eigenvalue weighted by Gasteiger charge is 2.11. The molecule has 100 valence electrons. The molecule has 3 rings (SSSR count). The van der Waals surface area contributed by atoms with Crippen molar-refractivity contribution in [1.29, 1.82) is 0 Å². The van der Waals surface area contributed by atoms with E-state index in [0.717, 1.165) is 27.6 Å². The van der Waals surface area contributed by atoms with Crippen molar-refractivity contribution in [3.8, 4) is 16.9 Å². The van der Waals surface area contributed by atoms with E-state index >= 15 is 0 Å². The number of rotatable bonds is 2. The third kappa shape index (κ3) is 1.95. The molecule has 0 amide bonds. The maximum atomic E-state index is 11.7. The van der Waals surface area contributed by atoms with Gasteiger partial charge >= 0.3 is 0 Å². The van der Waals surface area contributed by atoms with E-state index in [0.29, 0.717) is 5.75 Å². The summed E-state index contributed by atoms with van der Waals surface area (Å²) in [6.45, 7) is 1.93. The average molecular weight is 266 g/mol. The number of aromatic amines is 1. The van der Waals surface area contributed by atoms with Gasteiger partial charge in [0.05, 0.1) is 12.6 Å². The molecule has 0 unspecified atom stereocenters. The fourth-order valence-electron chi connectivity index (χ4n) is 2.49. The first-order valence-electron chi connectivity index (χ1n) is 6.31. The molecule has 0 aliphatic heterocycles. The van der Waals surface area contributed by atoms with Gasteiger partial charge in [0.25, 0.3) is 0 Å². The molecule has 0 bridgehead atoms. The highest BCUT2D eigenvalue weighted by Crippen LogP contribution is 2.34. The topological polar surface area (TPSA) is 55.0 Å². The van der Waals surface area contributed by atoms with E-state index in [1.807, 2.05) is 31.2 Å². The van der Waals surface area contributed by atoms with Crippen LogP contribution in [-0.4, -0.2) is 17.1 Å². The molecule has 0 aliphatic rings. The molecule has 1 N–H and O–H groups in total. The van der Waals surface area contributed by atoms with Crippen molar-refractivity contribution < 1.29 is 4.74 Å². The first-order chi connectivity index (χ1) is 9.70. The zero-order valence-electron chi connectivity index (χ0n) is 11.3. The maximum absolute atomic E-state index is 11.7. The average Bonchev–Trinajstić information content (AvgIpc) is 2.47. The van der Waals surface area contributed by atoms with Crippen molar-refractivity contribution in [1.82, 2.24) is 9.97 Å². The number of nitrogens with one attached hydrogen (secondary N) is 1. The molecular formula is C16H14N2O2. The van der Waals surface area contributed by atoms with E-state index in [4.69, 9.17) is 4.74 Å². The molecule has 4 nitrogen and oxygen atoms in total. The molecule has 0 radical (unpaired) electrons. The SMILES string of the molecule is COc1ccc(-c2ccncc2)c2c(C)cc(=O)[nH]c12. The highest BCUT2D eigenvalue weighted by molar-refractivity contribution is 5.99. The van der Waals surface area contributed by atoms with Crippen LogP contribution in [0, 0.1) is 6.92 Å². The molecule has 0 aliphatic carbocycles. The third-order valence-corrected chi connectivity index (χ3v) is 3.37. The minimum absolute atomic E-state index is 0.125. The summed E-state index contributed by atoms with van der Waals surface area (Å²) in [7, 11) is 1.60. The fourth-order valence-corrected chi connectivity index (χ4v) is 2.49. The van der Waals surface area contributed by atoms with Crippen LogP contribution in [0.3, 0.4) is 0 Å². The normalized spacial score (nSPS) is 10.7. The monoisotopic (exact) mass is 266 g/mol. The van der Waals surface area contributed by atoms with Crippen LogP contribution in [0.25, 0.3) is 22.0 Å². The molecule has 1 aromatic carbocycles. The molecule has 4 heteroatoms. The summed E-state index contributed by atoms with van der Waals surface area (Å²) in [6, 6.07) is 9.37. The highest BCUT2D eigenvalue weighted by atomic mass is 16.5. The Kier molecular flexibility index (Phi) is 2.99. The summed E-state index contributed by atoms with van der Waals surface area (Å²) >= 11 is 0. The number of pyridine rings is 2. The zero-order chi connectivity index (χ0) is 14.1. The number of fused-ring (bicyclic) bond motifs is 1. The van der Waals surface area contributed by atoms with Crippen molar-refractivity contribution in [3.05, 3.63) is 58.6 Å². The lowest BCUT2D eigenvalue weighted by atomic mass is 9.98. The Morgan fingerprint density at radius 1 is 1.15 bits per heavy atom. The van der Waals surface area contributed by atoms with Gasteiger partial charge in [-0.05, 0) is 47.9 Å². The first kappa shape index (κ1) is 12.4. The van der Waals surface area contributed by atoms with Crippen molar-refractivity contribution in [2.45, 2.75) is 6.92 Å². The van der Waals surface area contributed by atoms with Gasteiger partial charge in [0, 0.05) is 23.8 Å². The molecule has 0 spiro atoms. The number of benzene rings is 1. The van der Waals surface area contributed by atoms with Crippen molar-refractivity contribution in [3.63, 3.8) is 0 Å². The Hall–Kier alpha value is -2.62. The number of hydrogen-bond acceptors (Lipinski definition) is 3. The van der Waals surface area contributed by atoms with E-state index in [-0.39, 0.29) is 5.56 Å². The third-order valence-electron chi connectivity index (χ3n) is 3.37. The van der Waals surface area contributed by atoms with Gasteiger partial charge in [-0.25, -0.2) is 0 Å². The molecule has 20 heavy (non-hydrogen) atoms. The molecule has 0 atom stereocenters. The van der Waals surface area contributed by atoms with Gasteiger partial charge in [0.15, 0.2) is 0 Å². The Bertz CT molecular complexity index is 823. The Morgan fingerprint density at radius 2 is 1.90 bits per heavy atom. The van der Waals surface area contributed by atoms with Crippen LogP contribution < -0.4 is 10.3 Å². The summed E-state index contributed by atoms with van der Waals surface area (Å²) in [5, 5.41) is 0.996. The largest absolute Gasteiger partial charge is 0.495 e. The molecule has 0 fully saturated rings. The molecule has 0 saturated heterocycles. The van der Waals surface area contributed by atoms with Gasteiger partial charge in [-0.1, -0.05) is 0 Å². The molecule has 2 heterocycles. The summed E-state index contributed by atoms with van der Waals surface area (Å²) < 4.78 is 5.35. The van der Waals surface area contributed by atoms with Crippen LogP contribution in [-0.2, 0) is 0 Å². The van der Waals surface area contributed by atoms with Crippen molar-refractivity contribution in [2.75, 3.05) is 7.11 Å². The molecule has 0 saturated carbocycles. The van der Waals surface area contributed by atoms with E-state index in [1.165, 1.54) is 0 Å². The summed E-state index contributed by atoms with van der Waals surface area (Å²) in [5.74, 6) is 0.665. The number of hydrogen-bond donors (Lipinski definition) is 1. The predicted molar refractivity (Wildman–Crippen MR) is 79.1 cm³/mol. The number of methoxy groups -OCH3 is 1. The molecule has 3 aromatic rings. The fraction of sp³-hybridized carbons (Fsp3) is 0.125. The summed E-state index contributed by atoms with van der Waals surface area (Å²) in [5.41, 5.74) is 3.64. The van der Waals surface area contributed by atoms with Gasteiger partial charge in [0.1, 0.15) is 5.75 Å². The van der Waals surface area contributed by atoms with Crippen molar-refractivity contribution in [2.24, 2.45) is 0 Å². The lowest BCUT2D eigenvalue weighted by molar-refractivity contribution is 0.419. The number of ether oxygens (including phenoxy) is 1. The first-order valence-corrected chi connectivity index (χ1v) is 6.31. The second kappa shape index (κ2) is 4.81. The second-order valence-electron chi connectivity index (χ2n) is 4.62. The van der Waals surface area contributed by atoms with Gasteiger partial charge < -0.3 is 9.72 Å².